The van der Waals surface area contributed by atoms with Gasteiger partial charge in [-0.25, -0.2) is 0 Å². The molecule has 0 aliphatic carbocycles. The Morgan fingerprint density at radius 3 is 2.88 bits per heavy atom. The molecule has 0 fully saturated rings. The summed E-state index contributed by atoms with van der Waals surface area (Å²) in [5.41, 5.74) is 1.17. The van der Waals surface area contributed by atoms with Gasteiger partial charge in [0.15, 0.2) is 0 Å². The summed E-state index contributed by atoms with van der Waals surface area (Å²) in [7, 11) is 0. The van der Waals surface area contributed by atoms with Gasteiger partial charge in [-0.1, -0.05) is 18.6 Å². The first-order chi connectivity index (χ1) is 7.93. The monoisotopic (exact) mass is 218 g/mol. The molecule has 1 N–H and O–H groups in total. The first kappa shape index (κ1) is 12.9. The van der Waals surface area contributed by atoms with Crippen LogP contribution in [0.4, 0.5) is 0 Å². The van der Waals surface area contributed by atoms with Crippen LogP contribution in [-0.4, -0.2) is 18.1 Å². The summed E-state index contributed by atoms with van der Waals surface area (Å²) in [5.74, 6) is 0. The maximum atomic E-state index is 4.29. The molecule has 0 saturated heterocycles. The Hall–Kier alpha value is -1.15. The van der Waals surface area contributed by atoms with Gasteiger partial charge in [0.05, 0.1) is 0 Å². The van der Waals surface area contributed by atoms with Gasteiger partial charge in [-0.05, 0) is 37.9 Å². The van der Waals surface area contributed by atoms with Gasteiger partial charge in [-0.3, -0.25) is 4.98 Å². The largest absolute Gasteiger partial charge is 0.316 e. The Bertz CT molecular complexity index is 269. The van der Waals surface area contributed by atoms with Crippen LogP contribution in [0, 0.1) is 0 Å². The number of unbranched alkanes of at least 4 members (excludes halogenated alkanes) is 3. The molecule has 0 unspecified atom stereocenters. The summed E-state index contributed by atoms with van der Waals surface area (Å²) in [6, 6.07) is 6.07. The summed E-state index contributed by atoms with van der Waals surface area (Å²) < 4.78 is 0. The highest BCUT2D eigenvalue weighted by Gasteiger charge is 1.92. The minimum atomic E-state index is 1.02. The highest BCUT2D eigenvalue weighted by molar-refractivity contribution is 5.03. The highest BCUT2D eigenvalue weighted by atomic mass is 14.8. The third-order valence-electron chi connectivity index (χ3n) is 2.55. The van der Waals surface area contributed by atoms with Gasteiger partial charge in [0.1, 0.15) is 0 Å². The number of nitrogens with zero attached hydrogens (tertiary/aromatic N) is 1. The van der Waals surface area contributed by atoms with E-state index in [1.165, 1.54) is 25.0 Å². The minimum absolute atomic E-state index is 1.02. The maximum absolute atomic E-state index is 4.29. The molecule has 0 radical (unpaired) electrons. The van der Waals surface area contributed by atoms with Crippen molar-refractivity contribution in [3.05, 3.63) is 42.7 Å². The topological polar surface area (TPSA) is 24.9 Å². The van der Waals surface area contributed by atoms with Gasteiger partial charge in [-0.2, -0.15) is 0 Å². The third kappa shape index (κ3) is 6.36. The molecule has 1 rings (SSSR count). The van der Waals surface area contributed by atoms with Crippen LogP contribution in [-0.2, 0) is 6.42 Å². The smallest absolute Gasteiger partial charge is 0.0416 e. The van der Waals surface area contributed by atoms with Gasteiger partial charge >= 0.3 is 0 Å². The lowest BCUT2D eigenvalue weighted by Gasteiger charge is -2.03. The maximum Gasteiger partial charge on any atom is 0.0416 e. The summed E-state index contributed by atoms with van der Waals surface area (Å²) in [5, 5.41) is 3.44. The van der Waals surface area contributed by atoms with Crippen molar-refractivity contribution in [3.63, 3.8) is 0 Å². The molecule has 2 nitrogen and oxygen atoms in total. The lowest BCUT2D eigenvalue weighted by Crippen LogP contribution is -2.18. The molecule has 1 aromatic rings. The molecule has 0 aromatic carbocycles. The molecule has 0 aliphatic rings. The van der Waals surface area contributed by atoms with Crippen molar-refractivity contribution in [1.82, 2.24) is 10.3 Å². The number of pyridine rings is 1. The van der Waals surface area contributed by atoms with Gasteiger partial charge in [0.2, 0.25) is 0 Å². The van der Waals surface area contributed by atoms with Crippen LogP contribution in [0.15, 0.2) is 37.1 Å². The van der Waals surface area contributed by atoms with Crippen LogP contribution in [0.2, 0.25) is 0 Å². The second-order valence-corrected chi connectivity index (χ2v) is 3.96. The Balaban J connectivity index is 1.90. The molecular formula is C14H22N2. The fraction of sp³-hybridized carbons (Fsp3) is 0.500. The molecule has 0 spiro atoms. The molecule has 0 aliphatic heterocycles. The zero-order valence-electron chi connectivity index (χ0n) is 9.99. The van der Waals surface area contributed by atoms with Crippen molar-refractivity contribution in [2.24, 2.45) is 0 Å². The van der Waals surface area contributed by atoms with Crippen LogP contribution >= 0.6 is 0 Å². The van der Waals surface area contributed by atoms with E-state index >= 15 is 0 Å². The van der Waals surface area contributed by atoms with E-state index in [1.54, 1.807) is 0 Å². The number of hydrogen-bond donors (Lipinski definition) is 1. The SMILES string of the molecule is C=CCCCCCNCCc1ccccn1. The van der Waals surface area contributed by atoms with Crippen LogP contribution in [0.25, 0.3) is 0 Å². The first-order valence-corrected chi connectivity index (χ1v) is 6.15. The lowest BCUT2D eigenvalue weighted by atomic mass is 10.2. The highest BCUT2D eigenvalue weighted by Crippen LogP contribution is 1.99. The zero-order chi connectivity index (χ0) is 11.5. The molecule has 1 aromatic heterocycles. The average Bonchev–Trinajstić information content (AvgIpc) is 2.34. The summed E-state index contributed by atoms with van der Waals surface area (Å²) in [6.45, 7) is 5.86. The quantitative estimate of drug-likeness (QED) is 0.509. The molecule has 0 saturated carbocycles. The average molecular weight is 218 g/mol. The predicted molar refractivity (Wildman–Crippen MR) is 69.5 cm³/mol. The minimum Gasteiger partial charge on any atom is -0.316 e. The van der Waals surface area contributed by atoms with Gasteiger partial charge in [0, 0.05) is 24.9 Å². The summed E-state index contributed by atoms with van der Waals surface area (Å²) in [4.78, 5) is 4.29. The Morgan fingerprint density at radius 2 is 2.12 bits per heavy atom. The Labute approximate surface area is 98.8 Å². The van der Waals surface area contributed by atoms with E-state index in [1.807, 2.05) is 24.4 Å². The number of rotatable bonds is 9. The fourth-order valence-corrected chi connectivity index (χ4v) is 1.60. The standard InChI is InChI=1S/C14H22N2/c1-2-3-4-5-7-11-15-13-10-14-9-6-8-12-16-14/h2,6,8-9,12,15H,1,3-5,7,10-11,13H2. The molecule has 1 heterocycles. The van der Waals surface area contributed by atoms with E-state index in [0.717, 1.165) is 25.9 Å². The van der Waals surface area contributed by atoms with Crippen molar-refractivity contribution in [2.45, 2.75) is 32.1 Å². The molecule has 0 bridgehead atoms. The van der Waals surface area contributed by atoms with E-state index in [0.29, 0.717) is 0 Å². The van der Waals surface area contributed by atoms with E-state index in [4.69, 9.17) is 0 Å². The molecule has 0 atom stereocenters. The van der Waals surface area contributed by atoms with E-state index < -0.39 is 0 Å². The lowest BCUT2D eigenvalue weighted by molar-refractivity contribution is 0.604. The number of aromatic nitrogens is 1. The number of nitrogens with one attached hydrogen (secondary N) is 1. The van der Waals surface area contributed by atoms with Gasteiger partial charge < -0.3 is 5.32 Å². The normalized spacial score (nSPS) is 10.2. The Morgan fingerprint density at radius 1 is 1.19 bits per heavy atom. The second kappa shape index (κ2) is 9.10. The van der Waals surface area contributed by atoms with Crippen molar-refractivity contribution >= 4 is 0 Å². The zero-order valence-corrected chi connectivity index (χ0v) is 9.99. The molecule has 0 amide bonds. The molecule has 88 valence electrons. The van der Waals surface area contributed by atoms with Crippen molar-refractivity contribution < 1.29 is 0 Å². The first-order valence-electron chi connectivity index (χ1n) is 6.15. The third-order valence-corrected chi connectivity index (χ3v) is 2.55. The van der Waals surface area contributed by atoms with Gasteiger partial charge in [-0.15, -0.1) is 6.58 Å². The number of allylic oxidation sites excluding steroid dienone is 1. The van der Waals surface area contributed by atoms with Gasteiger partial charge in [0.25, 0.3) is 0 Å². The fourth-order valence-electron chi connectivity index (χ4n) is 1.60. The van der Waals surface area contributed by atoms with E-state index in [-0.39, 0.29) is 0 Å². The summed E-state index contributed by atoms with van der Waals surface area (Å²) >= 11 is 0. The molecular weight excluding hydrogens is 196 g/mol. The van der Waals surface area contributed by atoms with Crippen LogP contribution in [0.1, 0.15) is 31.4 Å². The predicted octanol–water partition coefficient (Wildman–Crippen LogP) is 2.96. The Kier molecular flexibility index (Phi) is 7.35. The van der Waals surface area contributed by atoms with Crippen molar-refractivity contribution in [3.8, 4) is 0 Å². The van der Waals surface area contributed by atoms with E-state index in [2.05, 4.69) is 22.9 Å². The summed E-state index contributed by atoms with van der Waals surface area (Å²) in [6.07, 6.45) is 9.84. The van der Waals surface area contributed by atoms with Crippen molar-refractivity contribution in [2.75, 3.05) is 13.1 Å². The molecule has 16 heavy (non-hydrogen) atoms. The van der Waals surface area contributed by atoms with Crippen LogP contribution < -0.4 is 5.32 Å². The second-order valence-electron chi connectivity index (χ2n) is 3.96. The number of hydrogen-bond acceptors (Lipinski definition) is 2. The van der Waals surface area contributed by atoms with Crippen molar-refractivity contribution in [1.29, 1.82) is 0 Å². The van der Waals surface area contributed by atoms with Crippen LogP contribution in [0.3, 0.4) is 0 Å². The van der Waals surface area contributed by atoms with Crippen LogP contribution in [0.5, 0.6) is 0 Å². The molecule has 2 heteroatoms. The van der Waals surface area contributed by atoms with E-state index in [9.17, 15) is 0 Å².